The molecule has 6 atom stereocenters. The van der Waals surface area contributed by atoms with Crippen LogP contribution < -0.4 is 0 Å². The zero-order valence-corrected chi connectivity index (χ0v) is 23.6. The van der Waals surface area contributed by atoms with Crippen molar-refractivity contribution >= 4 is 5.91 Å². The van der Waals surface area contributed by atoms with Gasteiger partial charge in [0.1, 0.15) is 6.10 Å². The van der Waals surface area contributed by atoms with Crippen LogP contribution in [0.3, 0.4) is 0 Å². The highest BCUT2D eigenvalue weighted by Gasteiger charge is 2.39. The smallest absolute Gasteiger partial charge is 0.251 e. The first kappa shape index (κ1) is 28.3. The Morgan fingerprint density at radius 2 is 1.69 bits per heavy atom. The summed E-state index contributed by atoms with van der Waals surface area (Å²) in [7, 11) is 3.58. The summed E-state index contributed by atoms with van der Waals surface area (Å²) in [6.07, 6.45) is 15.2. The van der Waals surface area contributed by atoms with Crippen LogP contribution in [-0.4, -0.2) is 75.2 Å². The Hall–Kier alpha value is -0.690. The highest BCUT2D eigenvalue weighted by Crippen LogP contribution is 2.43. The number of hydrogen-bond acceptors (Lipinski definition) is 5. The first-order valence-electron chi connectivity index (χ1n) is 15.0. The molecular formula is C30H53NO5. The quantitative estimate of drug-likeness (QED) is 0.384. The van der Waals surface area contributed by atoms with Crippen molar-refractivity contribution in [1.82, 2.24) is 4.90 Å². The molecule has 2 saturated heterocycles. The molecule has 2 heterocycles. The molecular weight excluding hydrogens is 454 g/mol. The number of amides is 1. The highest BCUT2D eigenvalue weighted by molar-refractivity contribution is 5.81. The summed E-state index contributed by atoms with van der Waals surface area (Å²) in [6, 6.07) is 0. The third kappa shape index (κ3) is 7.45. The van der Waals surface area contributed by atoms with E-state index in [1.54, 1.807) is 14.2 Å². The molecule has 6 nitrogen and oxygen atoms in total. The molecule has 2 aliphatic heterocycles. The van der Waals surface area contributed by atoms with Crippen LogP contribution in [0.15, 0.2) is 0 Å². The molecule has 0 N–H and O–H groups in total. The average molecular weight is 508 g/mol. The molecule has 1 amide bonds. The van der Waals surface area contributed by atoms with Crippen LogP contribution in [0.2, 0.25) is 0 Å². The summed E-state index contributed by atoms with van der Waals surface area (Å²) < 4.78 is 23.4. The monoisotopic (exact) mass is 507 g/mol. The Labute approximate surface area is 220 Å². The zero-order valence-electron chi connectivity index (χ0n) is 23.6. The van der Waals surface area contributed by atoms with Gasteiger partial charge in [0.2, 0.25) is 0 Å². The lowest BCUT2D eigenvalue weighted by molar-refractivity contribution is -0.143. The Kier molecular flexibility index (Phi) is 10.5. The molecule has 4 fully saturated rings. The van der Waals surface area contributed by atoms with E-state index in [-0.39, 0.29) is 29.8 Å². The minimum Gasteiger partial charge on any atom is -0.379 e. The van der Waals surface area contributed by atoms with E-state index in [2.05, 4.69) is 18.7 Å². The fraction of sp³-hybridized carbons (Fsp3) is 0.967. The predicted octanol–water partition coefficient (Wildman–Crippen LogP) is 5.62. The lowest BCUT2D eigenvalue weighted by atomic mass is 9.68. The molecule has 2 aliphatic carbocycles. The fourth-order valence-electron chi connectivity index (χ4n) is 7.81. The maximum Gasteiger partial charge on any atom is 0.251 e. The molecule has 0 bridgehead atoms. The third-order valence-electron chi connectivity index (χ3n) is 9.77. The van der Waals surface area contributed by atoms with Crippen LogP contribution >= 0.6 is 0 Å². The van der Waals surface area contributed by atoms with Gasteiger partial charge in [0.05, 0.1) is 17.8 Å². The van der Waals surface area contributed by atoms with Crippen molar-refractivity contribution in [3.05, 3.63) is 0 Å². The van der Waals surface area contributed by atoms with E-state index < -0.39 is 0 Å². The molecule has 6 unspecified atom stereocenters. The molecule has 6 heteroatoms. The van der Waals surface area contributed by atoms with E-state index in [1.807, 2.05) is 0 Å². The number of carbonyl (C=O) groups excluding carboxylic acids is 1. The van der Waals surface area contributed by atoms with Gasteiger partial charge in [-0.2, -0.15) is 0 Å². The van der Waals surface area contributed by atoms with Gasteiger partial charge in [-0.3, -0.25) is 4.79 Å². The number of ether oxygens (including phenoxy) is 4. The van der Waals surface area contributed by atoms with Gasteiger partial charge in [-0.25, -0.2) is 0 Å². The first-order valence-corrected chi connectivity index (χ1v) is 15.0. The lowest BCUT2D eigenvalue weighted by Crippen LogP contribution is -2.46. The van der Waals surface area contributed by atoms with Crippen LogP contribution in [0, 0.1) is 23.7 Å². The summed E-state index contributed by atoms with van der Waals surface area (Å²) >= 11 is 0. The van der Waals surface area contributed by atoms with Gasteiger partial charge >= 0.3 is 0 Å². The number of rotatable bonds is 10. The summed E-state index contributed by atoms with van der Waals surface area (Å²) in [5.41, 5.74) is -0.0296. The van der Waals surface area contributed by atoms with Crippen molar-refractivity contribution in [2.45, 2.75) is 121 Å². The predicted molar refractivity (Wildman–Crippen MR) is 142 cm³/mol. The van der Waals surface area contributed by atoms with Crippen LogP contribution in [0.25, 0.3) is 0 Å². The summed E-state index contributed by atoms with van der Waals surface area (Å²) in [5, 5.41) is 0. The minimum atomic E-state index is -0.242. The van der Waals surface area contributed by atoms with Gasteiger partial charge in [-0.1, -0.05) is 32.1 Å². The van der Waals surface area contributed by atoms with Gasteiger partial charge in [-0.05, 0) is 88.9 Å². The topological polar surface area (TPSA) is 57.2 Å². The molecule has 36 heavy (non-hydrogen) atoms. The van der Waals surface area contributed by atoms with E-state index in [1.165, 1.54) is 38.5 Å². The maximum absolute atomic E-state index is 13.7. The van der Waals surface area contributed by atoms with Crippen molar-refractivity contribution in [2.24, 2.45) is 23.7 Å². The molecule has 208 valence electrons. The Balaban J connectivity index is 1.45. The van der Waals surface area contributed by atoms with Crippen LogP contribution in [0.4, 0.5) is 0 Å². The van der Waals surface area contributed by atoms with Crippen molar-refractivity contribution in [2.75, 3.05) is 40.5 Å². The van der Waals surface area contributed by atoms with E-state index in [4.69, 9.17) is 18.9 Å². The van der Waals surface area contributed by atoms with Gasteiger partial charge in [0.25, 0.3) is 5.91 Å². The first-order chi connectivity index (χ1) is 17.4. The maximum atomic E-state index is 13.7. The number of nitrogens with zero attached hydrogens (tertiary/aromatic N) is 1. The Morgan fingerprint density at radius 3 is 2.36 bits per heavy atom. The molecule has 0 aromatic heterocycles. The number of methoxy groups -OCH3 is 2. The molecule has 4 aliphatic rings. The summed E-state index contributed by atoms with van der Waals surface area (Å²) in [6.45, 7) is 7.79. The van der Waals surface area contributed by atoms with Gasteiger partial charge < -0.3 is 23.8 Å². The molecule has 0 aromatic carbocycles. The number of carbonyl (C=O) groups is 1. The van der Waals surface area contributed by atoms with Crippen LogP contribution in [0.5, 0.6) is 0 Å². The number of hydrogen-bond donors (Lipinski definition) is 0. The van der Waals surface area contributed by atoms with E-state index in [0.717, 1.165) is 77.2 Å². The van der Waals surface area contributed by atoms with Gasteiger partial charge in [0.15, 0.2) is 0 Å². The Bertz CT molecular complexity index is 672. The van der Waals surface area contributed by atoms with Crippen molar-refractivity contribution in [1.29, 1.82) is 0 Å². The van der Waals surface area contributed by atoms with Crippen molar-refractivity contribution in [3.8, 4) is 0 Å². The standard InChI is InChI=1S/C30H53NO5/c1-30(2)20-24(15-18-36-30)25(23-9-6-5-7-10-23)14-16-31(29(32)27-11-8-17-35-27)21-22-12-13-26(33-3)28(19-22)34-4/h22-28H,5-21H2,1-4H3. The molecule has 0 radical (unpaired) electrons. The summed E-state index contributed by atoms with van der Waals surface area (Å²) in [5.74, 6) is 2.87. The SMILES string of the molecule is COC1CCC(CN(CCC(C2CCCCC2)C2CCOC(C)(C)C2)C(=O)C2CCCO2)CC1OC. The van der Waals surface area contributed by atoms with Crippen LogP contribution in [-0.2, 0) is 23.7 Å². The average Bonchev–Trinajstić information content (AvgIpc) is 3.43. The van der Waals surface area contributed by atoms with Gasteiger partial charge in [0, 0.05) is 40.5 Å². The second-order valence-electron chi connectivity index (χ2n) is 12.7. The second kappa shape index (κ2) is 13.4. The third-order valence-corrected chi connectivity index (χ3v) is 9.77. The summed E-state index contributed by atoms with van der Waals surface area (Å²) in [4.78, 5) is 15.9. The van der Waals surface area contributed by atoms with Gasteiger partial charge in [-0.15, -0.1) is 0 Å². The van der Waals surface area contributed by atoms with E-state index in [0.29, 0.717) is 17.8 Å². The largest absolute Gasteiger partial charge is 0.379 e. The van der Waals surface area contributed by atoms with Crippen LogP contribution in [0.1, 0.15) is 97.3 Å². The Morgan fingerprint density at radius 1 is 0.917 bits per heavy atom. The van der Waals surface area contributed by atoms with Crippen molar-refractivity contribution < 1.29 is 23.7 Å². The fourth-order valence-corrected chi connectivity index (χ4v) is 7.81. The van der Waals surface area contributed by atoms with E-state index in [9.17, 15) is 4.79 Å². The molecule has 4 rings (SSSR count). The van der Waals surface area contributed by atoms with E-state index >= 15 is 0 Å². The molecule has 0 spiro atoms. The lowest BCUT2D eigenvalue weighted by Gasteiger charge is -2.44. The van der Waals surface area contributed by atoms with Crippen molar-refractivity contribution in [3.63, 3.8) is 0 Å². The molecule has 2 saturated carbocycles. The zero-order chi connectivity index (χ0) is 25.5. The molecule has 0 aromatic rings. The highest BCUT2D eigenvalue weighted by atomic mass is 16.5. The normalized spacial score (nSPS) is 34.4. The minimum absolute atomic E-state index is 0.0296. The second-order valence-corrected chi connectivity index (χ2v) is 12.7.